The largest absolute Gasteiger partial charge is 0.317 e. The molecule has 0 radical (unpaired) electrons. The molecule has 0 bridgehead atoms. The van der Waals surface area contributed by atoms with Gasteiger partial charge in [-0.3, -0.25) is 4.98 Å². The van der Waals surface area contributed by atoms with E-state index in [9.17, 15) is 0 Å². The highest BCUT2D eigenvalue weighted by molar-refractivity contribution is 5.08. The minimum absolute atomic E-state index is 0.588. The monoisotopic (exact) mass is 164 g/mol. The summed E-state index contributed by atoms with van der Waals surface area (Å²) in [4.78, 5) is 4.07. The Morgan fingerprint density at radius 3 is 3.00 bits per heavy atom. The van der Waals surface area contributed by atoms with E-state index < -0.39 is 0 Å². The summed E-state index contributed by atoms with van der Waals surface area (Å²) >= 11 is 0. The van der Waals surface area contributed by atoms with Crippen molar-refractivity contribution in [2.45, 2.75) is 25.8 Å². The summed E-state index contributed by atoms with van der Waals surface area (Å²) in [6, 6.07) is 4.69. The van der Waals surface area contributed by atoms with Gasteiger partial charge in [-0.05, 0) is 38.4 Å². The first-order valence-electron chi connectivity index (χ1n) is 4.39. The molecule has 12 heavy (non-hydrogen) atoms. The molecule has 1 atom stereocenters. The number of nitrogens with zero attached hydrogens (tertiary/aromatic N) is 1. The highest BCUT2D eigenvalue weighted by Gasteiger charge is 1.98. The molecule has 1 unspecified atom stereocenters. The zero-order valence-electron chi connectivity index (χ0n) is 7.75. The van der Waals surface area contributed by atoms with Crippen LogP contribution >= 0.6 is 0 Å². The number of rotatable bonds is 4. The van der Waals surface area contributed by atoms with Crippen LogP contribution in [0, 0.1) is 0 Å². The smallest absolute Gasteiger partial charge is 0.0299 e. The van der Waals surface area contributed by atoms with E-state index in [1.165, 1.54) is 12.0 Å². The molecule has 0 saturated carbocycles. The summed E-state index contributed by atoms with van der Waals surface area (Å²) in [6.07, 6.45) is 6.02. The number of hydrogen-bond acceptors (Lipinski definition) is 2. The van der Waals surface area contributed by atoms with Gasteiger partial charge in [0.05, 0.1) is 0 Å². The first-order valence-corrected chi connectivity index (χ1v) is 4.39. The van der Waals surface area contributed by atoms with Crippen molar-refractivity contribution in [1.29, 1.82) is 0 Å². The Kier molecular flexibility index (Phi) is 3.74. The van der Waals surface area contributed by atoms with Gasteiger partial charge < -0.3 is 5.32 Å². The molecule has 1 rings (SSSR count). The van der Waals surface area contributed by atoms with Crippen molar-refractivity contribution >= 4 is 0 Å². The second-order valence-corrected chi connectivity index (χ2v) is 3.09. The highest BCUT2D eigenvalue weighted by Crippen LogP contribution is 2.02. The lowest BCUT2D eigenvalue weighted by molar-refractivity contribution is 0.565. The van der Waals surface area contributed by atoms with Crippen LogP contribution in [0.4, 0.5) is 0 Å². The van der Waals surface area contributed by atoms with Gasteiger partial charge in [0.25, 0.3) is 0 Å². The van der Waals surface area contributed by atoms with Crippen molar-refractivity contribution in [3.63, 3.8) is 0 Å². The fourth-order valence-corrected chi connectivity index (χ4v) is 1.07. The van der Waals surface area contributed by atoms with Crippen molar-refractivity contribution in [1.82, 2.24) is 10.3 Å². The molecule has 0 aromatic carbocycles. The van der Waals surface area contributed by atoms with Crippen LogP contribution in [0.5, 0.6) is 0 Å². The van der Waals surface area contributed by atoms with E-state index in [0.29, 0.717) is 6.04 Å². The maximum absolute atomic E-state index is 4.07. The number of hydrogen-bond donors (Lipinski definition) is 1. The van der Waals surface area contributed by atoms with Crippen molar-refractivity contribution < 1.29 is 0 Å². The Balaban J connectivity index is 2.33. The van der Waals surface area contributed by atoms with Crippen molar-refractivity contribution in [3.8, 4) is 0 Å². The Bertz CT molecular complexity index is 208. The summed E-state index contributed by atoms with van der Waals surface area (Å²) in [5, 5.41) is 3.21. The number of aryl methyl sites for hydroxylation is 1. The molecule has 1 aromatic heterocycles. The zero-order chi connectivity index (χ0) is 8.81. The number of aromatic nitrogens is 1. The number of pyridine rings is 1. The van der Waals surface area contributed by atoms with Gasteiger partial charge in [0.15, 0.2) is 0 Å². The van der Waals surface area contributed by atoms with Gasteiger partial charge in [0, 0.05) is 18.4 Å². The minimum Gasteiger partial charge on any atom is -0.317 e. The molecule has 0 aliphatic heterocycles. The highest BCUT2D eigenvalue weighted by atomic mass is 14.8. The SMILES string of the molecule is CNC(C)CCc1cccnc1. The summed E-state index contributed by atoms with van der Waals surface area (Å²) < 4.78 is 0. The molecule has 2 heteroatoms. The Labute approximate surface area is 74.0 Å². The van der Waals surface area contributed by atoms with Crippen molar-refractivity contribution in [2.24, 2.45) is 0 Å². The first kappa shape index (κ1) is 9.20. The third-order valence-electron chi connectivity index (χ3n) is 2.08. The normalized spacial score (nSPS) is 12.8. The van der Waals surface area contributed by atoms with Crippen LogP contribution in [0.25, 0.3) is 0 Å². The van der Waals surface area contributed by atoms with E-state index in [2.05, 4.69) is 23.3 Å². The van der Waals surface area contributed by atoms with Crippen LogP contribution in [-0.2, 0) is 6.42 Å². The molecule has 66 valence electrons. The molecule has 0 amide bonds. The van der Waals surface area contributed by atoms with Gasteiger partial charge in [0.2, 0.25) is 0 Å². The summed E-state index contributed by atoms with van der Waals surface area (Å²) in [7, 11) is 1.99. The summed E-state index contributed by atoms with van der Waals surface area (Å²) in [6.45, 7) is 2.19. The first-order chi connectivity index (χ1) is 5.83. The lowest BCUT2D eigenvalue weighted by Gasteiger charge is -2.08. The molecule has 0 aliphatic carbocycles. The Hall–Kier alpha value is -0.890. The molecular formula is C10H16N2. The van der Waals surface area contributed by atoms with Crippen LogP contribution in [0.3, 0.4) is 0 Å². The molecule has 2 nitrogen and oxygen atoms in total. The van der Waals surface area contributed by atoms with Crippen molar-refractivity contribution in [3.05, 3.63) is 30.1 Å². The average molecular weight is 164 g/mol. The minimum atomic E-state index is 0.588. The maximum Gasteiger partial charge on any atom is 0.0299 e. The third kappa shape index (κ3) is 3.01. The van der Waals surface area contributed by atoms with Gasteiger partial charge in [-0.2, -0.15) is 0 Å². The lowest BCUT2D eigenvalue weighted by Crippen LogP contribution is -2.21. The Morgan fingerprint density at radius 1 is 1.58 bits per heavy atom. The molecule has 0 fully saturated rings. The predicted octanol–water partition coefficient (Wildman–Crippen LogP) is 1.62. The predicted molar refractivity (Wildman–Crippen MR) is 51.1 cm³/mol. The average Bonchev–Trinajstić information content (AvgIpc) is 2.16. The van der Waals surface area contributed by atoms with Crippen molar-refractivity contribution in [2.75, 3.05) is 7.05 Å². The Morgan fingerprint density at radius 2 is 2.42 bits per heavy atom. The maximum atomic E-state index is 4.07. The van der Waals surface area contributed by atoms with Gasteiger partial charge in [-0.25, -0.2) is 0 Å². The molecule has 1 heterocycles. The van der Waals surface area contributed by atoms with Gasteiger partial charge in [0.1, 0.15) is 0 Å². The second-order valence-electron chi connectivity index (χ2n) is 3.09. The molecule has 1 aromatic rings. The second kappa shape index (κ2) is 4.88. The summed E-state index contributed by atoms with van der Waals surface area (Å²) in [5.74, 6) is 0. The van der Waals surface area contributed by atoms with E-state index >= 15 is 0 Å². The van der Waals surface area contributed by atoms with Crippen LogP contribution < -0.4 is 5.32 Å². The quantitative estimate of drug-likeness (QED) is 0.731. The van der Waals surface area contributed by atoms with Crippen LogP contribution in [0.1, 0.15) is 18.9 Å². The molecule has 0 aliphatic rings. The number of nitrogens with one attached hydrogen (secondary N) is 1. The molecule has 0 saturated heterocycles. The van der Waals surface area contributed by atoms with Gasteiger partial charge in [-0.1, -0.05) is 6.07 Å². The molecular weight excluding hydrogens is 148 g/mol. The van der Waals surface area contributed by atoms with E-state index in [4.69, 9.17) is 0 Å². The zero-order valence-corrected chi connectivity index (χ0v) is 7.75. The van der Waals surface area contributed by atoms with Crippen LogP contribution in [-0.4, -0.2) is 18.1 Å². The van der Waals surface area contributed by atoms with Crippen LogP contribution in [0.2, 0.25) is 0 Å². The topological polar surface area (TPSA) is 24.9 Å². The third-order valence-corrected chi connectivity index (χ3v) is 2.08. The summed E-state index contributed by atoms with van der Waals surface area (Å²) in [5.41, 5.74) is 1.32. The fraction of sp³-hybridized carbons (Fsp3) is 0.500. The van der Waals surface area contributed by atoms with E-state index in [1.807, 2.05) is 25.5 Å². The molecule has 0 spiro atoms. The standard InChI is InChI=1S/C10H16N2/c1-9(11-2)5-6-10-4-3-7-12-8-10/h3-4,7-9,11H,5-6H2,1-2H3. The lowest BCUT2D eigenvalue weighted by atomic mass is 10.1. The van der Waals surface area contributed by atoms with Crippen LogP contribution in [0.15, 0.2) is 24.5 Å². The molecule has 1 N–H and O–H groups in total. The van der Waals surface area contributed by atoms with E-state index in [-0.39, 0.29) is 0 Å². The van der Waals surface area contributed by atoms with E-state index in [1.54, 1.807) is 0 Å². The van der Waals surface area contributed by atoms with Gasteiger partial charge in [-0.15, -0.1) is 0 Å². The van der Waals surface area contributed by atoms with E-state index in [0.717, 1.165) is 6.42 Å². The van der Waals surface area contributed by atoms with Gasteiger partial charge >= 0.3 is 0 Å². The fourth-order valence-electron chi connectivity index (χ4n) is 1.07.